The Hall–Kier alpha value is -3.25. The van der Waals surface area contributed by atoms with E-state index in [-0.39, 0.29) is 17.7 Å². The van der Waals surface area contributed by atoms with Crippen molar-refractivity contribution >= 4 is 5.91 Å². The van der Waals surface area contributed by atoms with E-state index in [1.165, 1.54) is 23.3 Å². The van der Waals surface area contributed by atoms with Crippen LogP contribution in [-0.4, -0.2) is 30.5 Å². The molecule has 0 bridgehead atoms. The lowest BCUT2D eigenvalue weighted by atomic mass is 9.98. The monoisotopic (exact) mass is 422 g/mol. The molecule has 0 saturated heterocycles. The Morgan fingerprint density at radius 2 is 1.55 bits per heavy atom. The molecular weight excluding hydrogens is 398 g/mol. The second-order valence-electron chi connectivity index (χ2n) is 7.59. The van der Waals surface area contributed by atoms with Crippen LogP contribution in [0, 0.1) is 0 Å². The first kappa shape index (κ1) is 21.0. The summed E-state index contributed by atoms with van der Waals surface area (Å²) in [6, 6.07) is 23.9. The lowest BCUT2D eigenvalue weighted by Crippen LogP contribution is -2.41. The summed E-state index contributed by atoms with van der Waals surface area (Å²) in [7, 11) is 0. The number of carbonyl (C=O) groups is 1. The second-order valence-corrected chi connectivity index (χ2v) is 7.59. The molecule has 160 valence electrons. The van der Waals surface area contributed by atoms with E-state index < -0.39 is 6.61 Å². The van der Waals surface area contributed by atoms with Crippen molar-refractivity contribution in [3.05, 3.63) is 101 Å². The minimum Gasteiger partial charge on any atom is -0.435 e. The zero-order valence-electron chi connectivity index (χ0n) is 17.0. The molecule has 1 aliphatic rings. The van der Waals surface area contributed by atoms with Gasteiger partial charge in [0.25, 0.3) is 0 Å². The molecule has 4 nitrogen and oxygen atoms in total. The number of amides is 1. The third kappa shape index (κ3) is 5.47. The van der Waals surface area contributed by atoms with Crippen molar-refractivity contribution in [1.29, 1.82) is 0 Å². The molecule has 1 amide bonds. The molecule has 1 aliphatic heterocycles. The van der Waals surface area contributed by atoms with E-state index in [1.54, 1.807) is 12.1 Å². The van der Waals surface area contributed by atoms with Gasteiger partial charge < -0.3 is 10.1 Å². The maximum absolute atomic E-state index is 12.9. The van der Waals surface area contributed by atoms with Crippen molar-refractivity contribution < 1.29 is 18.3 Å². The molecule has 4 rings (SSSR count). The molecule has 0 spiro atoms. The van der Waals surface area contributed by atoms with Crippen LogP contribution in [0.2, 0.25) is 0 Å². The number of nitrogens with zero attached hydrogens (tertiary/aromatic N) is 1. The average molecular weight is 422 g/mol. The topological polar surface area (TPSA) is 41.6 Å². The van der Waals surface area contributed by atoms with Gasteiger partial charge in [-0.3, -0.25) is 9.69 Å². The first-order chi connectivity index (χ1) is 15.1. The van der Waals surface area contributed by atoms with E-state index >= 15 is 0 Å². The Morgan fingerprint density at radius 1 is 0.903 bits per heavy atom. The lowest BCUT2D eigenvalue weighted by Gasteiger charge is -2.29. The average Bonchev–Trinajstić information content (AvgIpc) is 2.78. The van der Waals surface area contributed by atoms with Gasteiger partial charge in [0.15, 0.2) is 0 Å². The van der Waals surface area contributed by atoms with Gasteiger partial charge in [0.1, 0.15) is 5.75 Å². The number of fused-ring (bicyclic) bond motifs is 1. The van der Waals surface area contributed by atoms with E-state index in [2.05, 4.69) is 27.1 Å². The lowest BCUT2D eigenvalue weighted by molar-refractivity contribution is -0.123. The van der Waals surface area contributed by atoms with Crippen LogP contribution in [0.25, 0.3) is 0 Å². The molecule has 1 atom stereocenters. The van der Waals surface area contributed by atoms with E-state index in [1.807, 2.05) is 42.5 Å². The summed E-state index contributed by atoms with van der Waals surface area (Å²) in [5, 5.41) is 3.11. The smallest absolute Gasteiger partial charge is 0.387 e. The van der Waals surface area contributed by atoms with Gasteiger partial charge in [0, 0.05) is 13.1 Å². The fraction of sp³-hybridized carbons (Fsp3) is 0.240. The number of carbonyl (C=O) groups excluding carboxylic acids is 1. The number of hydrogen-bond acceptors (Lipinski definition) is 3. The number of benzene rings is 3. The third-order valence-electron chi connectivity index (χ3n) is 5.45. The number of rotatable bonds is 7. The van der Waals surface area contributed by atoms with Crippen molar-refractivity contribution in [3.63, 3.8) is 0 Å². The molecule has 0 fully saturated rings. The van der Waals surface area contributed by atoms with Gasteiger partial charge in [0.05, 0.1) is 12.6 Å². The van der Waals surface area contributed by atoms with Crippen molar-refractivity contribution in [1.82, 2.24) is 10.2 Å². The number of halogens is 2. The van der Waals surface area contributed by atoms with E-state index in [0.29, 0.717) is 6.54 Å². The van der Waals surface area contributed by atoms with E-state index in [0.717, 1.165) is 30.6 Å². The summed E-state index contributed by atoms with van der Waals surface area (Å²) in [5.74, 6) is 0.00464. The van der Waals surface area contributed by atoms with Crippen LogP contribution < -0.4 is 10.1 Å². The van der Waals surface area contributed by atoms with Gasteiger partial charge in [-0.15, -0.1) is 0 Å². The Labute approximate surface area is 180 Å². The first-order valence-corrected chi connectivity index (χ1v) is 10.3. The quantitative estimate of drug-likeness (QED) is 0.607. The third-order valence-corrected chi connectivity index (χ3v) is 5.45. The Morgan fingerprint density at radius 3 is 2.26 bits per heavy atom. The van der Waals surface area contributed by atoms with Gasteiger partial charge in [-0.05, 0) is 40.8 Å². The molecule has 0 aromatic heterocycles. The van der Waals surface area contributed by atoms with Crippen LogP contribution in [0.1, 0.15) is 28.3 Å². The van der Waals surface area contributed by atoms with Gasteiger partial charge >= 0.3 is 6.61 Å². The van der Waals surface area contributed by atoms with Crippen LogP contribution in [0.5, 0.6) is 5.75 Å². The molecular formula is C25H24F2N2O2. The Balaban J connectivity index is 1.47. The highest BCUT2D eigenvalue weighted by Crippen LogP contribution is 2.25. The van der Waals surface area contributed by atoms with Crippen molar-refractivity contribution in [2.45, 2.75) is 25.6 Å². The number of alkyl halides is 2. The molecule has 31 heavy (non-hydrogen) atoms. The second kappa shape index (κ2) is 9.71. The predicted octanol–water partition coefficient (Wildman–Crippen LogP) is 4.55. The van der Waals surface area contributed by atoms with Crippen LogP contribution >= 0.6 is 0 Å². The summed E-state index contributed by atoms with van der Waals surface area (Å²) in [6.45, 7) is -0.992. The SMILES string of the molecule is O=C(CN1CCc2ccccc2C1)N[C@H](c1ccccc1)c1ccc(OC(F)F)cc1. The minimum absolute atomic E-state index is 0.0823. The summed E-state index contributed by atoms with van der Waals surface area (Å²) < 4.78 is 29.3. The zero-order chi connectivity index (χ0) is 21.6. The Kier molecular flexibility index (Phi) is 6.57. The van der Waals surface area contributed by atoms with Crippen LogP contribution in [0.15, 0.2) is 78.9 Å². The zero-order valence-corrected chi connectivity index (χ0v) is 17.0. The molecule has 0 unspecified atom stereocenters. The molecule has 3 aromatic rings. The van der Waals surface area contributed by atoms with E-state index in [4.69, 9.17) is 0 Å². The van der Waals surface area contributed by atoms with Gasteiger partial charge in [-0.1, -0.05) is 66.7 Å². The molecule has 3 aromatic carbocycles. The molecule has 0 saturated carbocycles. The fourth-order valence-corrected chi connectivity index (χ4v) is 3.95. The molecule has 0 radical (unpaired) electrons. The first-order valence-electron chi connectivity index (χ1n) is 10.3. The van der Waals surface area contributed by atoms with Gasteiger partial charge in [-0.25, -0.2) is 0 Å². The maximum Gasteiger partial charge on any atom is 0.387 e. The fourth-order valence-electron chi connectivity index (χ4n) is 3.95. The van der Waals surface area contributed by atoms with Crippen LogP contribution in [0.3, 0.4) is 0 Å². The van der Waals surface area contributed by atoms with E-state index in [9.17, 15) is 13.6 Å². The highest BCUT2D eigenvalue weighted by molar-refractivity contribution is 5.79. The van der Waals surface area contributed by atoms with Crippen LogP contribution in [-0.2, 0) is 17.8 Å². The van der Waals surface area contributed by atoms with Crippen molar-refractivity contribution in [3.8, 4) is 5.75 Å². The van der Waals surface area contributed by atoms with Gasteiger partial charge in [-0.2, -0.15) is 8.78 Å². The Bertz CT molecular complexity index is 1010. The normalized spacial score (nSPS) is 14.7. The summed E-state index contributed by atoms with van der Waals surface area (Å²) >= 11 is 0. The summed E-state index contributed by atoms with van der Waals surface area (Å²) in [4.78, 5) is 15.1. The molecule has 6 heteroatoms. The molecule has 1 N–H and O–H groups in total. The molecule has 1 heterocycles. The minimum atomic E-state index is -2.87. The van der Waals surface area contributed by atoms with Gasteiger partial charge in [0.2, 0.25) is 5.91 Å². The molecule has 0 aliphatic carbocycles. The highest BCUT2D eigenvalue weighted by Gasteiger charge is 2.21. The summed E-state index contributed by atoms with van der Waals surface area (Å²) in [5.41, 5.74) is 4.32. The number of ether oxygens (including phenoxy) is 1. The summed E-state index contributed by atoms with van der Waals surface area (Å²) in [6.07, 6.45) is 0.928. The number of hydrogen-bond donors (Lipinski definition) is 1. The standard InChI is InChI=1S/C25H24F2N2O2/c26-25(27)31-22-12-10-20(11-13-22)24(19-7-2-1-3-8-19)28-23(30)17-29-15-14-18-6-4-5-9-21(18)16-29/h1-13,24-25H,14-17H2,(H,28,30)/t24-/m1/s1. The van der Waals surface area contributed by atoms with Crippen molar-refractivity contribution in [2.75, 3.05) is 13.1 Å². The van der Waals surface area contributed by atoms with Crippen LogP contribution in [0.4, 0.5) is 8.78 Å². The predicted molar refractivity (Wildman–Crippen MR) is 115 cm³/mol. The van der Waals surface area contributed by atoms with Crippen molar-refractivity contribution in [2.24, 2.45) is 0 Å². The number of nitrogens with one attached hydrogen (secondary N) is 1. The maximum atomic E-state index is 12.9. The largest absolute Gasteiger partial charge is 0.435 e. The highest BCUT2D eigenvalue weighted by atomic mass is 19.3.